The van der Waals surface area contributed by atoms with Gasteiger partial charge in [-0.3, -0.25) is 0 Å². The molecule has 2 rings (SSSR count). The Morgan fingerprint density at radius 2 is 2.09 bits per heavy atom. The molecule has 126 valence electrons. The van der Waals surface area contributed by atoms with Gasteiger partial charge in [0.05, 0.1) is 13.7 Å². The molecule has 23 heavy (non-hydrogen) atoms. The van der Waals surface area contributed by atoms with Crippen LogP contribution in [0.4, 0.5) is 0 Å². The van der Waals surface area contributed by atoms with E-state index in [1.807, 2.05) is 0 Å². The Bertz CT molecular complexity index is 585. The molecule has 0 bridgehead atoms. The number of phenols is 1. The van der Waals surface area contributed by atoms with Gasteiger partial charge in [-0.25, -0.2) is 4.79 Å². The number of ether oxygens (including phenoxy) is 3. The smallest absolute Gasteiger partial charge is 0.331 e. The van der Waals surface area contributed by atoms with Gasteiger partial charge in [-0.2, -0.15) is 0 Å². The van der Waals surface area contributed by atoms with Gasteiger partial charge in [-0.1, -0.05) is 6.07 Å². The van der Waals surface area contributed by atoms with Crippen LogP contribution in [0.2, 0.25) is 0 Å². The molecule has 0 radical (unpaired) electrons. The highest BCUT2D eigenvalue weighted by Gasteiger charge is 2.40. The fourth-order valence-corrected chi connectivity index (χ4v) is 2.04. The second kappa shape index (κ2) is 7.42. The molecule has 0 saturated carbocycles. The molecule has 1 aliphatic heterocycles. The fraction of sp³-hybridized carbons (Fsp3) is 0.400. The van der Waals surface area contributed by atoms with E-state index in [2.05, 4.69) is 0 Å². The molecule has 1 fully saturated rings. The molecule has 1 aliphatic rings. The first-order valence-corrected chi connectivity index (χ1v) is 6.84. The number of hydrogen-bond donors (Lipinski definition) is 4. The van der Waals surface area contributed by atoms with E-state index in [0.717, 1.165) is 6.08 Å². The third-order valence-corrected chi connectivity index (χ3v) is 3.32. The number of carbonyl (C=O) groups is 1. The van der Waals surface area contributed by atoms with Crippen molar-refractivity contribution in [3.8, 4) is 11.5 Å². The highest BCUT2D eigenvalue weighted by Crippen LogP contribution is 2.26. The topological polar surface area (TPSA) is 126 Å². The predicted octanol–water partition coefficient (Wildman–Crippen LogP) is -0.604. The first-order valence-electron chi connectivity index (χ1n) is 6.84. The lowest BCUT2D eigenvalue weighted by Crippen LogP contribution is -2.54. The van der Waals surface area contributed by atoms with Crippen LogP contribution in [0.15, 0.2) is 24.3 Å². The Balaban J connectivity index is 2.01. The van der Waals surface area contributed by atoms with Gasteiger partial charge in [0.25, 0.3) is 0 Å². The highest BCUT2D eigenvalue weighted by molar-refractivity contribution is 5.87. The number of benzene rings is 1. The van der Waals surface area contributed by atoms with E-state index in [4.69, 9.17) is 14.2 Å². The lowest BCUT2D eigenvalue weighted by molar-refractivity contribution is -0.258. The largest absolute Gasteiger partial charge is 0.504 e. The van der Waals surface area contributed by atoms with Crippen molar-refractivity contribution in [2.45, 2.75) is 24.6 Å². The summed E-state index contributed by atoms with van der Waals surface area (Å²) in [4.78, 5) is 11.8. The van der Waals surface area contributed by atoms with Gasteiger partial charge < -0.3 is 34.6 Å². The van der Waals surface area contributed by atoms with E-state index in [-0.39, 0.29) is 18.1 Å². The van der Waals surface area contributed by atoms with Gasteiger partial charge in [-0.05, 0) is 23.8 Å². The van der Waals surface area contributed by atoms with Crippen molar-refractivity contribution in [3.05, 3.63) is 29.8 Å². The number of esters is 1. The second-order valence-electron chi connectivity index (χ2n) is 4.95. The molecule has 4 unspecified atom stereocenters. The van der Waals surface area contributed by atoms with Gasteiger partial charge in [0.2, 0.25) is 0 Å². The van der Waals surface area contributed by atoms with E-state index in [1.165, 1.54) is 25.3 Å². The summed E-state index contributed by atoms with van der Waals surface area (Å²) < 4.78 is 14.6. The van der Waals surface area contributed by atoms with E-state index in [9.17, 15) is 25.2 Å². The van der Waals surface area contributed by atoms with Crippen LogP contribution in [-0.4, -0.2) is 64.7 Å². The molecule has 1 saturated heterocycles. The van der Waals surface area contributed by atoms with Crippen LogP contribution < -0.4 is 4.74 Å². The second-order valence-corrected chi connectivity index (χ2v) is 4.95. The summed E-state index contributed by atoms with van der Waals surface area (Å²) in [6.07, 6.45) is -3.11. The monoisotopic (exact) mass is 326 g/mol. The van der Waals surface area contributed by atoms with Crippen LogP contribution in [0.3, 0.4) is 0 Å². The SMILES string of the molecule is COc1cc(C=CC(=O)OC2C(O)OCC(O)C2O)ccc1O. The lowest BCUT2D eigenvalue weighted by atomic mass is 10.1. The van der Waals surface area contributed by atoms with Crippen molar-refractivity contribution < 1.29 is 39.4 Å². The highest BCUT2D eigenvalue weighted by atomic mass is 16.7. The number of aromatic hydroxyl groups is 1. The minimum Gasteiger partial charge on any atom is -0.504 e. The molecule has 0 aromatic heterocycles. The molecule has 1 aromatic rings. The molecule has 8 heteroatoms. The molecule has 0 aliphatic carbocycles. The molecule has 4 atom stereocenters. The van der Waals surface area contributed by atoms with Crippen molar-refractivity contribution in [1.82, 2.24) is 0 Å². The first kappa shape index (κ1) is 17.2. The van der Waals surface area contributed by atoms with E-state index in [1.54, 1.807) is 6.07 Å². The Labute approximate surface area is 132 Å². The summed E-state index contributed by atoms with van der Waals surface area (Å²) in [6.45, 7) is -0.250. The predicted molar refractivity (Wildman–Crippen MR) is 77.5 cm³/mol. The quantitative estimate of drug-likeness (QED) is 0.427. The lowest BCUT2D eigenvalue weighted by Gasteiger charge is -2.34. The Morgan fingerprint density at radius 1 is 1.35 bits per heavy atom. The molecule has 1 heterocycles. The Kier molecular flexibility index (Phi) is 5.56. The van der Waals surface area contributed by atoms with E-state index >= 15 is 0 Å². The maximum absolute atomic E-state index is 11.8. The molecular weight excluding hydrogens is 308 g/mol. The van der Waals surface area contributed by atoms with Gasteiger partial charge in [0, 0.05) is 6.08 Å². The number of phenolic OH excluding ortho intramolecular Hbond substituents is 1. The molecule has 8 nitrogen and oxygen atoms in total. The third-order valence-electron chi connectivity index (χ3n) is 3.32. The molecule has 0 spiro atoms. The van der Waals surface area contributed by atoms with E-state index in [0.29, 0.717) is 5.56 Å². The summed E-state index contributed by atoms with van der Waals surface area (Å²) in [6, 6.07) is 4.47. The van der Waals surface area contributed by atoms with Crippen molar-refractivity contribution in [2.75, 3.05) is 13.7 Å². The zero-order valence-corrected chi connectivity index (χ0v) is 12.3. The fourth-order valence-electron chi connectivity index (χ4n) is 2.04. The minimum absolute atomic E-state index is 0.0354. The van der Waals surface area contributed by atoms with Crippen LogP contribution in [0, 0.1) is 0 Å². The van der Waals surface area contributed by atoms with Crippen molar-refractivity contribution in [1.29, 1.82) is 0 Å². The maximum atomic E-state index is 11.8. The van der Waals surface area contributed by atoms with Gasteiger partial charge in [0.15, 0.2) is 23.9 Å². The average Bonchev–Trinajstić information content (AvgIpc) is 2.54. The normalized spacial score (nSPS) is 27.8. The summed E-state index contributed by atoms with van der Waals surface area (Å²) >= 11 is 0. The standard InChI is InChI=1S/C15H18O8/c1-21-11-6-8(2-4-9(11)16)3-5-12(18)23-14-13(19)10(17)7-22-15(14)20/h2-6,10,13-17,19-20H,7H2,1H3. The molecule has 0 amide bonds. The number of rotatable bonds is 4. The van der Waals surface area contributed by atoms with Crippen molar-refractivity contribution >= 4 is 12.0 Å². The van der Waals surface area contributed by atoms with Crippen molar-refractivity contribution in [2.24, 2.45) is 0 Å². The minimum atomic E-state index is -1.51. The average molecular weight is 326 g/mol. The Hall–Kier alpha value is -2.13. The summed E-state index contributed by atoms with van der Waals surface area (Å²) in [5, 5.41) is 38.2. The van der Waals surface area contributed by atoms with Crippen molar-refractivity contribution in [3.63, 3.8) is 0 Å². The van der Waals surface area contributed by atoms with Crippen LogP contribution in [-0.2, 0) is 14.3 Å². The zero-order valence-electron chi connectivity index (χ0n) is 12.3. The Morgan fingerprint density at radius 3 is 2.78 bits per heavy atom. The molecule has 4 N–H and O–H groups in total. The van der Waals surface area contributed by atoms with Crippen LogP contribution >= 0.6 is 0 Å². The number of aliphatic hydroxyl groups is 3. The third kappa shape index (κ3) is 4.20. The summed E-state index contributed by atoms with van der Waals surface area (Å²) in [7, 11) is 1.40. The van der Waals surface area contributed by atoms with Crippen LogP contribution in [0.25, 0.3) is 6.08 Å². The summed E-state index contributed by atoms with van der Waals surface area (Å²) in [5.74, 6) is -0.625. The molecule has 1 aromatic carbocycles. The van der Waals surface area contributed by atoms with Gasteiger partial charge in [0.1, 0.15) is 12.2 Å². The molecular formula is C15H18O8. The van der Waals surface area contributed by atoms with Gasteiger partial charge >= 0.3 is 5.97 Å². The number of hydrogen-bond acceptors (Lipinski definition) is 8. The maximum Gasteiger partial charge on any atom is 0.331 e. The first-order chi connectivity index (χ1) is 10.9. The van der Waals surface area contributed by atoms with Crippen LogP contribution in [0.5, 0.6) is 11.5 Å². The zero-order chi connectivity index (χ0) is 17.0. The summed E-state index contributed by atoms with van der Waals surface area (Å²) in [5.41, 5.74) is 0.567. The number of carbonyl (C=O) groups excluding carboxylic acids is 1. The number of methoxy groups -OCH3 is 1. The van der Waals surface area contributed by atoms with Crippen LogP contribution in [0.1, 0.15) is 5.56 Å². The van der Waals surface area contributed by atoms with E-state index < -0.39 is 30.6 Å². The number of aliphatic hydroxyl groups excluding tert-OH is 3. The van der Waals surface area contributed by atoms with Gasteiger partial charge in [-0.15, -0.1) is 0 Å².